The van der Waals surface area contributed by atoms with E-state index >= 15 is 0 Å². The van der Waals surface area contributed by atoms with E-state index in [1.165, 1.54) is 0 Å². The SMILES string of the molecule is CC1(C)C(/C=C/C=C/C(=C/C=C2\N(CCCCS(=O)(=O)[O-])c3ccc4ccccc4c3C2(C)C)C(=C\C=C2/N(CCCCS(=O)(=O)[O-])c3ccc4ccccc4c3C2(C)C)/C=C/C=C/C2=[N+](CCCCS(=O)(=O)[O-])c3c(ccc4ccccc34)C2(C)C)=[N+](CCCCS(=O)(=O)[O-])c2c1ccc1ccccc21.[Na+].[Na+]. The molecular weight excluding hydrogens is 1460 g/mol. The second-order valence-corrected chi connectivity index (χ2v) is 36.4. The zero-order valence-corrected chi connectivity index (χ0v) is 70.7. The van der Waals surface area contributed by atoms with Crippen molar-refractivity contribution in [3.05, 3.63) is 263 Å². The van der Waals surface area contributed by atoms with Crippen LogP contribution in [0, 0.1) is 0 Å². The minimum atomic E-state index is -4.48. The van der Waals surface area contributed by atoms with Gasteiger partial charge in [0.1, 0.15) is 13.1 Å². The average molecular weight is 1550 g/mol. The second-order valence-electron chi connectivity index (χ2n) is 30.3. The molecule has 0 unspecified atom stereocenters. The van der Waals surface area contributed by atoms with Gasteiger partial charge in [-0.15, -0.1) is 0 Å². The Morgan fingerprint density at radius 1 is 0.370 bits per heavy atom. The van der Waals surface area contributed by atoms with Crippen LogP contribution in [-0.4, -0.2) is 122 Å². The molecular formula is C86H92N4Na2O12S4. The first-order chi connectivity index (χ1) is 50.2. The molecule has 4 aliphatic heterocycles. The van der Waals surface area contributed by atoms with Crippen LogP contribution in [0.3, 0.4) is 0 Å². The number of allylic oxidation sites excluding steroid dienone is 16. The first kappa shape index (κ1) is 83.8. The van der Waals surface area contributed by atoms with Crippen molar-refractivity contribution in [3.8, 4) is 0 Å². The number of fused-ring (bicyclic) bond motifs is 12. The molecule has 4 heterocycles. The van der Waals surface area contributed by atoms with Crippen molar-refractivity contribution in [1.29, 1.82) is 0 Å². The van der Waals surface area contributed by atoms with Crippen LogP contribution in [0.4, 0.5) is 22.7 Å². The van der Waals surface area contributed by atoms with E-state index < -0.39 is 85.1 Å². The molecule has 0 aliphatic carbocycles. The van der Waals surface area contributed by atoms with Gasteiger partial charge in [0, 0.05) is 106 Å². The van der Waals surface area contributed by atoms with Crippen LogP contribution in [0.25, 0.3) is 43.1 Å². The van der Waals surface area contributed by atoms with Crippen LogP contribution in [0.15, 0.2) is 241 Å². The van der Waals surface area contributed by atoms with E-state index in [4.69, 9.17) is 0 Å². The molecule has 22 heteroatoms. The Bertz CT molecular complexity index is 5300. The molecule has 0 bridgehead atoms. The Morgan fingerprint density at radius 3 is 1.02 bits per heavy atom. The average Bonchev–Trinajstić information content (AvgIpc) is 1.59. The molecule has 8 aromatic rings. The van der Waals surface area contributed by atoms with E-state index in [9.17, 15) is 51.9 Å². The number of benzene rings is 8. The predicted molar refractivity (Wildman–Crippen MR) is 426 cm³/mol. The first-order valence-corrected chi connectivity index (χ1v) is 42.7. The molecule has 12 rings (SSSR count). The molecule has 0 radical (unpaired) electrons. The molecule has 0 atom stereocenters. The van der Waals surface area contributed by atoms with Crippen molar-refractivity contribution in [2.45, 2.75) is 128 Å². The predicted octanol–water partition coefficient (Wildman–Crippen LogP) is 10.5. The molecule has 0 aromatic heterocycles. The number of hydrogen-bond acceptors (Lipinski definition) is 14. The minimum Gasteiger partial charge on any atom is -0.748 e. The molecule has 8 aromatic carbocycles. The fraction of sp³-hybridized carbons (Fsp3) is 0.326. The normalized spacial score (nSPS) is 17.8. The Morgan fingerprint density at radius 2 is 0.676 bits per heavy atom. The van der Waals surface area contributed by atoms with E-state index in [0.29, 0.717) is 51.9 Å². The van der Waals surface area contributed by atoms with Crippen LogP contribution >= 0.6 is 0 Å². The van der Waals surface area contributed by atoms with Gasteiger partial charge in [-0.2, -0.15) is 9.15 Å². The van der Waals surface area contributed by atoms with Crippen molar-refractivity contribution in [2.24, 2.45) is 0 Å². The van der Waals surface area contributed by atoms with E-state index in [2.05, 4.69) is 220 Å². The summed E-state index contributed by atoms with van der Waals surface area (Å²) >= 11 is 0. The molecule has 0 saturated carbocycles. The number of hydrogen-bond donors (Lipinski definition) is 0. The topological polar surface area (TPSA) is 241 Å². The second kappa shape index (κ2) is 33.7. The molecule has 0 saturated heterocycles. The molecule has 108 heavy (non-hydrogen) atoms. The van der Waals surface area contributed by atoms with E-state index in [0.717, 1.165) is 122 Å². The van der Waals surface area contributed by atoms with Gasteiger partial charge in [-0.25, -0.2) is 33.7 Å². The summed E-state index contributed by atoms with van der Waals surface area (Å²) in [6.45, 7) is 19.2. The summed E-state index contributed by atoms with van der Waals surface area (Å²) in [6.07, 6.45) is 27.3. The summed E-state index contributed by atoms with van der Waals surface area (Å²) in [5.74, 6) is -1.92. The van der Waals surface area contributed by atoms with Gasteiger partial charge < -0.3 is 28.0 Å². The first-order valence-electron chi connectivity index (χ1n) is 36.4. The van der Waals surface area contributed by atoms with Crippen molar-refractivity contribution in [1.82, 2.24) is 0 Å². The standard InChI is InChI=1S/C86H94N4O12S4.2Na/c1-83(2)71-47-41-65-33-11-17-37-69(65)81(71)89(55-23-27-59-105(97,98)99)75(83)39-19-13-29-61(45-51-77-85(5,6)79-67-35-15-9-31-63(67)43-49-73(79)87(77)53-21-25-57-103(91,92)93)62(46-52-78-86(7,8)80-68-36-16-10-32-64(68)44-50-74(80)88(78)54-22-26-58-104(94,95)96)30-14-20-40-76-84(3,4)72-48-42-66-34-12-18-38-70(66)82(72)90(76)56-24-28-60-106(100,101)102;;/h9-20,29-52H,21-28,53-60H2,1-8H3,(H2-2,91,92,93,94,95,96,97,98,99,100,101,102);;/q;2*+1/p-2. The van der Waals surface area contributed by atoms with Gasteiger partial charge in [-0.1, -0.05) is 198 Å². The Labute approximate surface area is 682 Å². The third-order valence-corrected chi connectivity index (χ3v) is 24.8. The molecule has 4 aliphatic rings. The fourth-order valence-corrected chi connectivity index (χ4v) is 18.8. The van der Waals surface area contributed by atoms with Gasteiger partial charge in [0.2, 0.25) is 11.4 Å². The number of rotatable bonds is 29. The molecule has 16 nitrogen and oxygen atoms in total. The third kappa shape index (κ3) is 18.2. The summed E-state index contributed by atoms with van der Waals surface area (Å²) in [4.78, 5) is 4.49. The zero-order chi connectivity index (χ0) is 75.8. The minimum absolute atomic E-state index is 0. The van der Waals surface area contributed by atoms with Crippen molar-refractivity contribution in [3.63, 3.8) is 0 Å². The van der Waals surface area contributed by atoms with Gasteiger partial charge in [-0.3, -0.25) is 0 Å². The van der Waals surface area contributed by atoms with E-state index in [-0.39, 0.29) is 84.8 Å². The summed E-state index contributed by atoms with van der Waals surface area (Å²) in [5, 5.41) is 8.47. The quantitative estimate of drug-likeness (QED) is 0.0139. The van der Waals surface area contributed by atoms with Gasteiger partial charge >= 0.3 is 59.1 Å². The van der Waals surface area contributed by atoms with Crippen molar-refractivity contribution >= 4 is 118 Å². The van der Waals surface area contributed by atoms with Gasteiger partial charge in [-0.05, 0) is 157 Å². The van der Waals surface area contributed by atoms with E-state index in [1.54, 1.807) is 0 Å². The van der Waals surface area contributed by atoms with Gasteiger partial charge in [0.05, 0.1) is 62.1 Å². The van der Waals surface area contributed by atoms with Crippen molar-refractivity contribution in [2.75, 3.05) is 59.0 Å². The third-order valence-electron chi connectivity index (χ3n) is 21.6. The van der Waals surface area contributed by atoms with Crippen LogP contribution in [0.1, 0.15) is 129 Å². The van der Waals surface area contributed by atoms with Crippen LogP contribution in [0.2, 0.25) is 0 Å². The summed E-state index contributed by atoms with van der Waals surface area (Å²) in [5.41, 5.74) is 11.4. The maximum atomic E-state index is 12.0. The molecule has 554 valence electrons. The largest absolute Gasteiger partial charge is 1.00 e. The number of anilines is 2. The number of nitrogens with zero attached hydrogens (tertiary/aromatic N) is 4. The summed E-state index contributed by atoms with van der Waals surface area (Å²) in [7, 11) is -17.8. The van der Waals surface area contributed by atoms with Gasteiger partial charge in [0.15, 0.2) is 11.4 Å². The van der Waals surface area contributed by atoms with Crippen LogP contribution in [0.5, 0.6) is 0 Å². The fourth-order valence-electron chi connectivity index (χ4n) is 16.5. The van der Waals surface area contributed by atoms with Gasteiger partial charge in [0.25, 0.3) is 0 Å². The molecule has 0 N–H and O–H groups in total. The maximum Gasteiger partial charge on any atom is 1.00 e. The van der Waals surface area contributed by atoms with Crippen LogP contribution in [-0.2, 0) is 62.1 Å². The monoisotopic (exact) mass is 1550 g/mol. The Kier molecular flexibility index (Phi) is 26.1. The maximum absolute atomic E-state index is 12.0. The smallest absolute Gasteiger partial charge is 0.748 e. The molecule has 0 fully saturated rings. The Balaban J connectivity index is 0.00000622. The van der Waals surface area contributed by atoms with E-state index in [1.807, 2.05) is 72.8 Å². The molecule has 0 amide bonds. The Hall–Kier alpha value is -6.70. The summed E-state index contributed by atoms with van der Waals surface area (Å²) < 4.78 is 148. The zero-order valence-electron chi connectivity index (χ0n) is 63.4. The van der Waals surface area contributed by atoms with Crippen molar-refractivity contribution < 1.29 is 120 Å². The summed E-state index contributed by atoms with van der Waals surface area (Å²) in [6, 6.07) is 49.9. The van der Waals surface area contributed by atoms with Crippen LogP contribution < -0.4 is 68.9 Å². The molecule has 0 spiro atoms. The number of unbranched alkanes of at least 4 members (excludes halogenated alkanes) is 4.